The Labute approximate surface area is 171 Å². The molecular weight excluding hydrogens is 366 g/mol. The number of hydrogen-bond acceptors (Lipinski definition) is 7. The lowest BCUT2D eigenvalue weighted by Crippen LogP contribution is -2.59. The largest absolute Gasteiger partial charge is 0.447 e. The molecule has 2 fully saturated rings. The lowest BCUT2D eigenvalue weighted by atomic mass is 9.52. The van der Waals surface area contributed by atoms with E-state index in [2.05, 4.69) is 18.2 Å². The second kappa shape index (κ2) is 7.07. The van der Waals surface area contributed by atoms with Gasteiger partial charge in [-0.15, -0.1) is 0 Å². The molecule has 0 radical (unpaired) electrons. The van der Waals surface area contributed by atoms with Crippen LogP contribution in [-0.2, 0) is 9.47 Å². The van der Waals surface area contributed by atoms with Crippen molar-refractivity contribution in [1.82, 2.24) is 0 Å². The Kier molecular flexibility index (Phi) is 5.03. The van der Waals surface area contributed by atoms with E-state index in [1.807, 2.05) is 57.1 Å². The van der Waals surface area contributed by atoms with E-state index in [9.17, 15) is 15.8 Å². The van der Waals surface area contributed by atoms with Gasteiger partial charge < -0.3 is 14.4 Å². The number of rotatable bonds is 5. The van der Waals surface area contributed by atoms with Crippen LogP contribution in [-0.4, -0.2) is 25.8 Å². The minimum absolute atomic E-state index is 0.337. The molecule has 2 saturated heterocycles. The normalized spacial score (nSPS) is 31.8. The molecule has 0 aliphatic carbocycles. The maximum atomic E-state index is 10.3. The topological polar surface area (TPSA) is 117 Å². The van der Waals surface area contributed by atoms with Crippen molar-refractivity contribution in [3.05, 3.63) is 29.8 Å². The smallest absolute Gasteiger partial charge is 0.217 e. The molecule has 0 saturated carbocycles. The van der Waals surface area contributed by atoms with Gasteiger partial charge in [0.25, 0.3) is 0 Å². The number of ether oxygens (including phenoxy) is 2. The maximum Gasteiger partial charge on any atom is 0.217 e. The molecule has 2 aliphatic heterocycles. The zero-order chi connectivity index (χ0) is 21.4. The molecule has 4 unspecified atom stereocenters. The van der Waals surface area contributed by atoms with Gasteiger partial charge in [-0.1, -0.05) is 26.0 Å². The van der Waals surface area contributed by atoms with Gasteiger partial charge in [0.05, 0.1) is 24.1 Å². The Morgan fingerprint density at radius 1 is 1.07 bits per heavy atom. The lowest BCUT2D eigenvalue weighted by Gasteiger charge is -2.49. The number of anilines is 1. The van der Waals surface area contributed by atoms with Gasteiger partial charge in [0, 0.05) is 26.2 Å². The number of hydrogen-bond donors (Lipinski definition) is 1. The summed E-state index contributed by atoms with van der Waals surface area (Å²) < 4.78 is 12.3. The van der Waals surface area contributed by atoms with Crippen LogP contribution in [0.3, 0.4) is 0 Å². The molecule has 2 bridgehead atoms. The van der Waals surface area contributed by atoms with Gasteiger partial charge in [0.2, 0.25) is 17.1 Å². The van der Waals surface area contributed by atoms with E-state index in [4.69, 9.17) is 14.9 Å². The van der Waals surface area contributed by atoms with Crippen molar-refractivity contribution >= 4 is 11.6 Å². The zero-order valence-electron chi connectivity index (χ0n) is 17.2. The minimum Gasteiger partial charge on any atom is -0.447 e. The van der Waals surface area contributed by atoms with Gasteiger partial charge in [-0.05, 0) is 30.5 Å². The highest BCUT2D eigenvalue weighted by Gasteiger charge is 2.79. The van der Waals surface area contributed by atoms with Crippen molar-refractivity contribution in [2.24, 2.45) is 16.7 Å². The molecule has 7 heteroatoms. The standard InChI is InChI=1S/C22H25N5O2/c1-5-11-22-17(6-2)21(14-25,19(26)29-22)20(12-23,13-24)18(28-22)15-7-9-16(10-8-15)27(3)4/h7-10,17-18,26H,5-6,11H2,1-4H3. The average Bonchev–Trinajstić information content (AvgIpc) is 2.91. The van der Waals surface area contributed by atoms with Crippen LogP contribution in [0.25, 0.3) is 0 Å². The summed E-state index contributed by atoms with van der Waals surface area (Å²) in [6, 6.07) is 13.7. The summed E-state index contributed by atoms with van der Waals surface area (Å²) in [5.74, 6) is -2.11. The molecule has 3 rings (SSSR count). The summed E-state index contributed by atoms with van der Waals surface area (Å²) in [5, 5.41) is 39.2. The third-order valence-electron chi connectivity index (χ3n) is 6.27. The fourth-order valence-electron chi connectivity index (χ4n) is 4.92. The van der Waals surface area contributed by atoms with Crippen molar-refractivity contribution in [3.8, 4) is 18.2 Å². The van der Waals surface area contributed by atoms with Gasteiger partial charge in [0.1, 0.15) is 6.10 Å². The van der Waals surface area contributed by atoms with Gasteiger partial charge >= 0.3 is 0 Å². The summed E-state index contributed by atoms with van der Waals surface area (Å²) in [5.41, 5.74) is -2.01. The predicted octanol–water partition coefficient (Wildman–Crippen LogP) is 3.90. The zero-order valence-corrected chi connectivity index (χ0v) is 17.2. The first-order valence-electron chi connectivity index (χ1n) is 9.79. The Morgan fingerprint density at radius 2 is 1.69 bits per heavy atom. The molecule has 4 atom stereocenters. The Morgan fingerprint density at radius 3 is 2.14 bits per heavy atom. The molecule has 0 spiro atoms. The van der Waals surface area contributed by atoms with Crippen LogP contribution in [0.15, 0.2) is 24.3 Å². The third-order valence-corrected chi connectivity index (χ3v) is 6.27. The second-order valence-corrected chi connectivity index (χ2v) is 7.89. The fraction of sp³-hybridized carbons (Fsp3) is 0.545. The van der Waals surface area contributed by atoms with Crippen molar-refractivity contribution in [1.29, 1.82) is 21.2 Å². The molecule has 0 aromatic heterocycles. The first kappa shape index (κ1) is 20.6. The van der Waals surface area contributed by atoms with E-state index in [0.717, 1.165) is 5.69 Å². The van der Waals surface area contributed by atoms with E-state index >= 15 is 0 Å². The summed E-state index contributed by atoms with van der Waals surface area (Å²) in [6.07, 6.45) is 0.624. The molecule has 2 heterocycles. The van der Waals surface area contributed by atoms with Crippen molar-refractivity contribution < 1.29 is 9.47 Å². The first-order chi connectivity index (χ1) is 13.8. The molecule has 1 aromatic carbocycles. The van der Waals surface area contributed by atoms with Crippen LogP contribution < -0.4 is 4.90 Å². The van der Waals surface area contributed by atoms with Crippen LogP contribution in [0.1, 0.15) is 44.8 Å². The fourth-order valence-corrected chi connectivity index (χ4v) is 4.92. The van der Waals surface area contributed by atoms with Crippen LogP contribution >= 0.6 is 0 Å². The summed E-state index contributed by atoms with van der Waals surface area (Å²) in [6.45, 7) is 3.85. The van der Waals surface area contributed by atoms with E-state index in [1.54, 1.807) is 0 Å². The summed E-state index contributed by atoms with van der Waals surface area (Å²) >= 11 is 0. The summed E-state index contributed by atoms with van der Waals surface area (Å²) in [4.78, 5) is 1.94. The van der Waals surface area contributed by atoms with Crippen LogP contribution in [0.2, 0.25) is 0 Å². The number of nitrogens with one attached hydrogen (secondary N) is 1. The lowest BCUT2D eigenvalue weighted by molar-refractivity contribution is -0.286. The molecule has 1 aromatic rings. The number of fused-ring (bicyclic) bond motifs is 2. The van der Waals surface area contributed by atoms with Crippen LogP contribution in [0.5, 0.6) is 0 Å². The molecule has 150 valence electrons. The Hall–Kier alpha value is -3.08. The monoisotopic (exact) mass is 391 g/mol. The van der Waals surface area contributed by atoms with E-state index in [1.165, 1.54) is 0 Å². The predicted molar refractivity (Wildman–Crippen MR) is 107 cm³/mol. The van der Waals surface area contributed by atoms with Gasteiger partial charge in [-0.25, -0.2) is 0 Å². The van der Waals surface area contributed by atoms with Crippen LogP contribution in [0, 0.1) is 56.2 Å². The highest BCUT2D eigenvalue weighted by Crippen LogP contribution is 2.68. The molecule has 1 N–H and O–H groups in total. The first-order valence-corrected chi connectivity index (χ1v) is 9.79. The molecular formula is C22H25N5O2. The van der Waals surface area contributed by atoms with E-state index in [-0.39, 0.29) is 5.90 Å². The van der Waals surface area contributed by atoms with Crippen molar-refractivity contribution in [2.75, 3.05) is 19.0 Å². The SMILES string of the molecule is CCCC12OC(=N)C(C#N)(C1CC)C(C#N)(C#N)C(c1ccc(N(C)C)cc1)O2. The quantitative estimate of drug-likeness (QED) is 0.813. The molecule has 2 aliphatic rings. The minimum atomic E-state index is -1.90. The van der Waals surface area contributed by atoms with E-state index < -0.39 is 28.6 Å². The Bertz CT molecular complexity index is 922. The molecule has 0 amide bonds. The maximum absolute atomic E-state index is 10.3. The van der Waals surface area contributed by atoms with Gasteiger partial charge in [-0.2, -0.15) is 15.8 Å². The molecule has 7 nitrogen and oxygen atoms in total. The van der Waals surface area contributed by atoms with Crippen molar-refractivity contribution in [3.63, 3.8) is 0 Å². The van der Waals surface area contributed by atoms with E-state index in [0.29, 0.717) is 24.8 Å². The Balaban J connectivity index is 2.27. The summed E-state index contributed by atoms with van der Waals surface area (Å²) in [7, 11) is 3.84. The molecule has 29 heavy (non-hydrogen) atoms. The van der Waals surface area contributed by atoms with Crippen LogP contribution in [0.4, 0.5) is 5.69 Å². The number of nitrogens with zero attached hydrogens (tertiary/aromatic N) is 4. The average molecular weight is 391 g/mol. The number of nitriles is 3. The second-order valence-electron chi connectivity index (χ2n) is 7.89. The highest BCUT2D eigenvalue weighted by atomic mass is 16.7. The third kappa shape index (κ3) is 2.46. The van der Waals surface area contributed by atoms with Crippen molar-refractivity contribution in [2.45, 2.75) is 45.0 Å². The highest BCUT2D eigenvalue weighted by molar-refractivity contribution is 5.89. The number of benzene rings is 1. The van der Waals surface area contributed by atoms with Gasteiger partial charge in [-0.3, -0.25) is 5.41 Å². The van der Waals surface area contributed by atoms with Gasteiger partial charge in [0.15, 0.2) is 5.41 Å².